The Morgan fingerprint density at radius 3 is 2.60 bits per heavy atom. The van der Waals surface area contributed by atoms with Crippen LogP contribution in [0, 0.1) is 11.8 Å². The van der Waals surface area contributed by atoms with E-state index in [0.29, 0.717) is 0 Å². The van der Waals surface area contributed by atoms with Gasteiger partial charge in [-0.25, -0.2) is 4.39 Å². The quantitative estimate of drug-likeness (QED) is 0.420. The molecule has 0 saturated carbocycles. The van der Waals surface area contributed by atoms with Gasteiger partial charge < -0.3 is 0 Å². The minimum atomic E-state index is -0.957. The van der Waals surface area contributed by atoms with Crippen LogP contribution in [-0.2, 0) is 0 Å². The number of hydrogen-bond donors (Lipinski definition) is 0. The zero-order valence-electron chi connectivity index (χ0n) is 6.78. The lowest BCUT2D eigenvalue weighted by Gasteiger charge is -1.88. The number of rotatable bonds is 3. The van der Waals surface area contributed by atoms with Gasteiger partial charge in [0.2, 0.25) is 0 Å². The molecule has 0 aliphatic carbocycles. The molecule has 0 nitrogen and oxygen atoms in total. The first kappa shape index (κ1) is 9.49. The summed E-state index contributed by atoms with van der Waals surface area (Å²) in [4.78, 5) is 0. The van der Waals surface area contributed by atoms with Gasteiger partial charge in [0.15, 0.2) is 6.17 Å². The topological polar surface area (TPSA) is 0 Å². The van der Waals surface area contributed by atoms with Gasteiger partial charge >= 0.3 is 0 Å². The first-order chi connectivity index (χ1) is 4.77. The fourth-order valence-corrected chi connectivity index (χ4v) is 0.676. The molecule has 58 valence electrons. The van der Waals surface area contributed by atoms with Gasteiger partial charge in [-0.1, -0.05) is 25.7 Å². The fraction of sp³-hybridized carbons (Fsp3) is 0.778. The molecule has 0 radical (unpaired) electrons. The van der Waals surface area contributed by atoms with Gasteiger partial charge in [-0.05, 0) is 13.3 Å². The first-order valence-electron chi connectivity index (χ1n) is 3.89. The lowest BCUT2D eigenvalue weighted by atomic mass is 10.2. The van der Waals surface area contributed by atoms with Gasteiger partial charge in [-0.2, -0.15) is 0 Å². The minimum absolute atomic E-state index is 0.849. The molecule has 0 aromatic rings. The highest BCUT2D eigenvalue weighted by atomic mass is 19.1. The Morgan fingerprint density at radius 2 is 2.10 bits per heavy atom. The largest absolute Gasteiger partial charge is 0.234 e. The lowest BCUT2D eigenvalue weighted by Crippen LogP contribution is -1.83. The van der Waals surface area contributed by atoms with E-state index in [9.17, 15) is 4.39 Å². The summed E-state index contributed by atoms with van der Waals surface area (Å²) in [6, 6.07) is 0. The Balaban J connectivity index is 3.12. The average Bonchev–Trinajstić information content (AvgIpc) is 1.87. The number of alkyl halides is 1. The maximum Gasteiger partial charge on any atom is 0.157 e. The van der Waals surface area contributed by atoms with Crippen molar-refractivity contribution in [3.05, 3.63) is 0 Å². The molecule has 0 fully saturated rings. The molecule has 0 saturated heterocycles. The predicted octanol–water partition coefficient (Wildman–Crippen LogP) is 2.93. The highest BCUT2D eigenvalue weighted by Crippen LogP contribution is 1.97. The highest BCUT2D eigenvalue weighted by molar-refractivity contribution is 5.02. The van der Waals surface area contributed by atoms with E-state index < -0.39 is 6.17 Å². The Morgan fingerprint density at radius 1 is 1.40 bits per heavy atom. The van der Waals surface area contributed by atoms with E-state index in [2.05, 4.69) is 18.8 Å². The van der Waals surface area contributed by atoms with Crippen molar-refractivity contribution in [3.63, 3.8) is 0 Å². The van der Waals surface area contributed by atoms with Crippen molar-refractivity contribution in [2.24, 2.45) is 0 Å². The van der Waals surface area contributed by atoms with Crippen molar-refractivity contribution < 1.29 is 4.39 Å². The summed E-state index contributed by atoms with van der Waals surface area (Å²) in [6.45, 7) is 3.61. The molecule has 0 spiro atoms. The molecule has 0 bridgehead atoms. The normalized spacial score (nSPS) is 11.9. The minimum Gasteiger partial charge on any atom is -0.234 e. The van der Waals surface area contributed by atoms with Crippen molar-refractivity contribution in [3.8, 4) is 11.8 Å². The fourth-order valence-electron chi connectivity index (χ4n) is 0.676. The molecule has 0 aliphatic rings. The van der Waals surface area contributed by atoms with E-state index in [1.807, 2.05) is 0 Å². The number of halogens is 1. The number of unbranched alkanes of at least 4 members (excludes halogenated alkanes) is 3. The second kappa shape index (κ2) is 6.61. The molecular formula is C9H15F. The second-order valence-electron chi connectivity index (χ2n) is 2.39. The summed E-state index contributed by atoms with van der Waals surface area (Å²) < 4.78 is 12.0. The van der Waals surface area contributed by atoms with Crippen molar-refractivity contribution in [2.45, 2.75) is 45.7 Å². The van der Waals surface area contributed by atoms with Crippen LogP contribution in [-0.4, -0.2) is 6.17 Å². The van der Waals surface area contributed by atoms with Crippen LogP contribution >= 0.6 is 0 Å². The van der Waals surface area contributed by atoms with Crippen molar-refractivity contribution in [1.29, 1.82) is 0 Å². The smallest absolute Gasteiger partial charge is 0.157 e. The molecule has 1 atom stereocenters. The van der Waals surface area contributed by atoms with Crippen LogP contribution in [0.5, 0.6) is 0 Å². The molecule has 0 aromatic heterocycles. The second-order valence-corrected chi connectivity index (χ2v) is 2.39. The van der Waals surface area contributed by atoms with E-state index in [0.717, 1.165) is 12.8 Å². The maximum atomic E-state index is 12.0. The average molecular weight is 142 g/mol. The van der Waals surface area contributed by atoms with Gasteiger partial charge in [-0.3, -0.25) is 0 Å². The van der Waals surface area contributed by atoms with Gasteiger partial charge in [0.05, 0.1) is 0 Å². The van der Waals surface area contributed by atoms with Crippen LogP contribution < -0.4 is 0 Å². The Bertz CT molecular complexity index is 116. The van der Waals surface area contributed by atoms with Gasteiger partial charge in [-0.15, -0.1) is 5.92 Å². The third-order valence-corrected chi connectivity index (χ3v) is 1.21. The van der Waals surface area contributed by atoms with E-state index in [-0.39, 0.29) is 0 Å². The van der Waals surface area contributed by atoms with Crippen LogP contribution in [0.15, 0.2) is 0 Å². The summed E-state index contributed by atoms with van der Waals surface area (Å²) in [5, 5.41) is 0. The van der Waals surface area contributed by atoms with E-state index in [4.69, 9.17) is 0 Å². The maximum absolute atomic E-state index is 12.0. The first-order valence-corrected chi connectivity index (χ1v) is 3.89. The Hall–Kier alpha value is -0.510. The zero-order valence-corrected chi connectivity index (χ0v) is 6.78. The van der Waals surface area contributed by atoms with Crippen molar-refractivity contribution in [1.82, 2.24) is 0 Å². The third-order valence-electron chi connectivity index (χ3n) is 1.21. The van der Waals surface area contributed by atoms with Crippen LogP contribution in [0.1, 0.15) is 39.5 Å². The molecular weight excluding hydrogens is 127 g/mol. The summed E-state index contributed by atoms with van der Waals surface area (Å²) >= 11 is 0. The standard InChI is InChI=1S/C9H15F/c1-3-4-5-6-7-8-9(2)10/h9H,3-6H2,1-2H3/t9-/m1/s1. The van der Waals surface area contributed by atoms with Crippen LogP contribution in [0.25, 0.3) is 0 Å². The molecule has 0 aliphatic heterocycles. The summed E-state index contributed by atoms with van der Waals surface area (Å²) in [6.07, 6.45) is 3.40. The van der Waals surface area contributed by atoms with Crippen LogP contribution in [0.4, 0.5) is 4.39 Å². The number of hydrogen-bond acceptors (Lipinski definition) is 0. The molecule has 0 N–H and O–H groups in total. The van der Waals surface area contributed by atoms with Gasteiger partial charge in [0, 0.05) is 6.42 Å². The van der Waals surface area contributed by atoms with Gasteiger partial charge in [0.1, 0.15) is 0 Å². The Kier molecular flexibility index (Phi) is 6.27. The summed E-state index contributed by atoms with van der Waals surface area (Å²) in [5.41, 5.74) is 0. The molecule has 0 rings (SSSR count). The van der Waals surface area contributed by atoms with Crippen LogP contribution in [0.2, 0.25) is 0 Å². The molecule has 0 unspecified atom stereocenters. The lowest BCUT2D eigenvalue weighted by molar-refractivity contribution is 0.443. The molecule has 1 heteroatoms. The molecule has 0 aromatic carbocycles. The zero-order chi connectivity index (χ0) is 7.82. The van der Waals surface area contributed by atoms with E-state index in [1.54, 1.807) is 0 Å². The third kappa shape index (κ3) is 7.49. The van der Waals surface area contributed by atoms with Gasteiger partial charge in [0.25, 0.3) is 0 Å². The monoisotopic (exact) mass is 142 g/mol. The van der Waals surface area contributed by atoms with Crippen molar-refractivity contribution in [2.75, 3.05) is 0 Å². The highest BCUT2D eigenvalue weighted by Gasteiger charge is 1.85. The van der Waals surface area contributed by atoms with E-state index in [1.165, 1.54) is 19.8 Å². The Labute approximate surface area is 62.8 Å². The molecule has 0 amide bonds. The van der Waals surface area contributed by atoms with Crippen molar-refractivity contribution >= 4 is 0 Å². The van der Waals surface area contributed by atoms with E-state index >= 15 is 0 Å². The summed E-state index contributed by atoms with van der Waals surface area (Å²) in [5.74, 6) is 5.28. The molecule has 10 heavy (non-hydrogen) atoms. The summed E-state index contributed by atoms with van der Waals surface area (Å²) in [7, 11) is 0. The predicted molar refractivity (Wildman–Crippen MR) is 42.5 cm³/mol. The SMILES string of the molecule is CCCCCC#C[C@@H](C)F. The van der Waals surface area contributed by atoms with Crippen LogP contribution in [0.3, 0.4) is 0 Å². The molecule has 0 heterocycles.